The summed E-state index contributed by atoms with van der Waals surface area (Å²) in [6.07, 6.45) is 3.10. The van der Waals surface area contributed by atoms with Crippen LogP contribution < -0.4 is 14.2 Å². The van der Waals surface area contributed by atoms with Gasteiger partial charge in [-0.25, -0.2) is 13.1 Å². The van der Waals surface area contributed by atoms with E-state index in [9.17, 15) is 13.2 Å². The summed E-state index contributed by atoms with van der Waals surface area (Å²) in [6.45, 7) is 7.36. The van der Waals surface area contributed by atoms with Gasteiger partial charge in [0, 0.05) is 41.8 Å². The highest BCUT2D eigenvalue weighted by molar-refractivity contribution is 7.88. The van der Waals surface area contributed by atoms with E-state index in [1.165, 1.54) is 6.26 Å². The fourth-order valence-electron chi connectivity index (χ4n) is 4.63. The molecule has 1 N–H and O–H groups in total. The van der Waals surface area contributed by atoms with Gasteiger partial charge in [0.15, 0.2) is 17.3 Å². The molecule has 2 aliphatic heterocycles. The molecule has 0 amide bonds. The first kappa shape index (κ1) is 22.8. The molecule has 0 saturated carbocycles. The second-order valence-electron chi connectivity index (χ2n) is 8.74. The summed E-state index contributed by atoms with van der Waals surface area (Å²) in [5, 5.41) is 0. The number of nitrogens with zero attached hydrogens (tertiary/aromatic N) is 2. The maximum atomic E-state index is 13.2. The molecule has 0 spiro atoms. The zero-order chi connectivity index (χ0) is 22.9. The van der Waals surface area contributed by atoms with Crippen molar-refractivity contribution < 1.29 is 22.7 Å². The standard InChI is InChI=1S/C23H31N3O5S/c1-16-11-20(17(2)26(16)19-6-7-22-23(12-19)31-10-9-30-22)21(27)15-25-8-4-5-18(14-25)13-24-32(3,28)29/h6-7,11-12,18,24H,4-5,8-10,13-15H2,1-3H3. The Kier molecular flexibility index (Phi) is 6.60. The number of Topliss-reactive ketones (excluding diaryl/α,β-unsaturated/α-hetero) is 1. The Morgan fingerprint density at radius 3 is 2.66 bits per heavy atom. The predicted molar refractivity (Wildman–Crippen MR) is 123 cm³/mol. The fourth-order valence-corrected chi connectivity index (χ4v) is 5.17. The predicted octanol–water partition coefficient (Wildman–Crippen LogP) is 2.31. The molecular weight excluding hydrogens is 430 g/mol. The second-order valence-corrected chi connectivity index (χ2v) is 10.6. The smallest absolute Gasteiger partial charge is 0.208 e. The lowest BCUT2D eigenvalue weighted by Gasteiger charge is -2.32. The number of sulfonamides is 1. The molecule has 1 unspecified atom stereocenters. The Labute approximate surface area is 189 Å². The monoisotopic (exact) mass is 461 g/mol. The highest BCUT2D eigenvalue weighted by atomic mass is 32.2. The Bertz CT molecular complexity index is 1110. The third kappa shape index (κ3) is 5.16. The molecule has 0 aliphatic carbocycles. The molecule has 1 saturated heterocycles. The molecule has 174 valence electrons. The zero-order valence-corrected chi connectivity index (χ0v) is 19.7. The first-order chi connectivity index (χ1) is 15.2. The summed E-state index contributed by atoms with van der Waals surface area (Å²) in [6, 6.07) is 7.78. The number of aryl methyl sites for hydroxylation is 1. The van der Waals surface area contributed by atoms with E-state index in [0.717, 1.165) is 54.5 Å². The van der Waals surface area contributed by atoms with Crippen LogP contribution in [0.3, 0.4) is 0 Å². The molecule has 4 rings (SSSR count). The second kappa shape index (κ2) is 9.25. The van der Waals surface area contributed by atoms with Crippen LogP contribution >= 0.6 is 0 Å². The van der Waals surface area contributed by atoms with Crippen LogP contribution in [0.15, 0.2) is 24.3 Å². The molecular formula is C23H31N3O5S. The van der Waals surface area contributed by atoms with Gasteiger partial charge in [0.2, 0.25) is 10.0 Å². The Morgan fingerprint density at radius 1 is 1.16 bits per heavy atom. The van der Waals surface area contributed by atoms with Gasteiger partial charge in [-0.05, 0) is 57.4 Å². The molecule has 1 fully saturated rings. The number of ether oxygens (including phenoxy) is 2. The molecule has 2 aromatic rings. The summed E-state index contributed by atoms with van der Waals surface area (Å²) in [4.78, 5) is 15.3. The normalized spacial score (nSPS) is 19.2. The van der Waals surface area contributed by atoms with Crippen LogP contribution in [0.4, 0.5) is 0 Å². The van der Waals surface area contributed by atoms with E-state index in [4.69, 9.17) is 9.47 Å². The number of piperidine rings is 1. The largest absolute Gasteiger partial charge is 0.486 e. The van der Waals surface area contributed by atoms with Gasteiger partial charge in [0.25, 0.3) is 0 Å². The molecule has 9 heteroatoms. The van der Waals surface area contributed by atoms with Crippen LogP contribution in [0.5, 0.6) is 11.5 Å². The van der Waals surface area contributed by atoms with Gasteiger partial charge in [-0.3, -0.25) is 9.69 Å². The van der Waals surface area contributed by atoms with Gasteiger partial charge < -0.3 is 14.0 Å². The van der Waals surface area contributed by atoms with Crippen molar-refractivity contribution in [1.82, 2.24) is 14.2 Å². The molecule has 8 nitrogen and oxygen atoms in total. The first-order valence-electron chi connectivity index (χ1n) is 11.0. The summed E-state index contributed by atoms with van der Waals surface area (Å²) >= 11 is 0. The van der Waals surface area contributed by atoms with Gasteiger partial charge in [-0.1, -0.05) is 0 Å². The Hall–Kier alpha value is -2.36. The van der Waals surface area contributed by atoms with E-state index < -0.39 is 10.0 Å². The van der Waals surface area contributed by atoms with Crippen molar-refractivity contribution in [2.24, 2.45) is 5.92 Å². The number of ketones is 1. The molecule has 0 bridgehead atoms. The van der Waals surface area contributed by atoms with E-state index in [1.807, 2.05) is 38.1 Å². The van der Waals surface area contributed by atoms with Crippen molar-refractivity contribution in [3.63, 3.8) is 0 Å². The number of rotatable bonds is 7. The van der Waals surface area contributed by atoms with Gasteiger partial charge in [0.1, 0.15) is 13.2 Å². The maximum Gasteiger partial charge on any atom is 0.208 e. The van der Waals surface area contributed by atoms with Gasteiger partial charge in [-0.15, -0.1) is 0 Å². The van der Waals surface area contributed by atoms with Gasteiger partial charge >= 0.3 is 0 Å². The van der Waals surface area contributed by atoms with Crippen LogP contribution in [0, 0.1) is 19.8 Å². The fraction of sp³-hybridized carbons (Fsp3) is 0.522. The minimum absolute atomic E-state index is 0.0821. The summed E-state index contributed by atoms with van der Waals surface area (Å²) in [5.74, 6) is 1.76. The average molecular weight is 462 g/mol. The summed E-state index contributed by atoms with van der Waals surface area (Å²) < 4.78 is 38.8. The molecule has 3 heterocycles. The van der Waals surface area contributed by atoms with Crippen LogP contribution in [-0.2, 0) is 10.0 Å². The molecule has 32 heavy (non-hydrogen) atoms. The lowest BCUT2D eigenvalue weighted by Crippen LogP contribution is -2.42. The van der Waals surface area contributed by atoms with Crippen molar-refractivity contribution in [3.8, 4) is 17.2 Å². The van der Waals surface area contributed by atoms with Crippen LogP contribution in [0.2, 0.25) is 0 Å². The first-order valence-corrected chi connectivity index (χ1v) is 12.9. The van der Waals surface area contributed by atoms with Gasteiger partial charge in [-0.2, -0.15) is 0 Å². The number of aromatic nitrogens is 1. The number of nitrogens with one attached hydrogen (secondary N) is 1. The van der Waals surface area contributed by atoms with Crippen molar-refractivity contribution in [2.75, 3.05) is 45.6 Å². The minimum atomic E-state index is -3.20. The highest BCUT2D eigenvalue weighted by Gasteiger charge is 2.25. The number of carbonyl (C=O) groups excluding carboxylic acids is 1. The van der Waals surface area contributed by atoms with Crippen LogP contribution in [0.25, 0.3) is 5.69 Å². The SMILES string of the molecule is Cc1cc(C(=O)CN2CCCC(CNS(C)(=O)=O)C2)c(C)n1-c1ccc2c(c1)OCCO2. The topological polar surface area (TPSA) is 89.9 Å². The van der Waals surface area contributed by atoms with Crippen molar-refractivity contribution in [2.45, 2.75) is 26.7 Å². The number of benzene rings is 1. The third-order valence-corrected chi connectivity index (χ3v) is 6.81. The summed E-state index contributed by atoms with van der Waals surface area (Å²) in [7, 11) is -3.20. The van der Waals surface area contributed by atoms with Crippen molar-refractivity contribution in [3.05, 3.63) is 41.2 Å². The lowest BCUT2D eigenvalue weighted by molar-refractivity contribution is 0.0887. The van der Waals surface area contributed by atoms with Crippen LogP contribution in [0.1, 0.15) is 34.6 Å². The van der Waals surface area contributed by atoms with E-state index in [2.05, 4.69) is 14.2 Å². The van der Waals surface area contributed by atoms with Crippen molar-refractivity contribution in [1.29, 1.82) is 0 Å². The molecule has 1 atom stereocenters. The van der Waals surface area contributed by atoms with E-state index in [1.54, 1.807) is 0 Å². The summed E-state index contributed by atoms with van der Waals surface area (Å²) in [5.41, 5.74) is 3.54. The minimum Gasteiger partial charge on any atom is -0.486 e. The highest BCUT2D eigenvalue weighted by Crippen LogP contribution is 2.33. The number of fused-ring (bicyclic) bond motifs is 1. The molecule has 1 aromatic heterocycles. The quantitative estimate of drug-likeness (QED) is 0.637. The van der Waals surface area contributed by atoms with E-state index >= 15 is 0 Å². The maximum absolute atomic E-state index is 13.2. The van der Waals surface area contributed by atoms with Gasteiger partial charge in [0.05, 0.1) is 12.8 Å². The Morgan fingerprint density at radius 2 is 1.91 bits per heavy atom. The number of hydrogen-bond acceptors (Lipinski definition) is 6. The molecule has 2 aliphatic rings. The lowest BCUT2D eigenvalue weighted by atomic mass is 9.98. The Balaban J connectivity index is 1.47. The van der Waals surface area contributed by atoms with Crippen molar-refractivity contribution >= 4 is 15.8 Å². The molecule has 1 aromatic carbocycles. The zero-order valence-electron chi connectivity index (χ0n) is 18.9. The molecule has 0 radical (unpaired) electrons. The third-order valence-electron chi connectivity index (χ3n) is 6.12. The number of hydrogen-bond donors (Lipinski definition) is 1. The van der Waals surface area contributed by atoms with E-state index in [0.29, 0.717) is 31.9 Å². The average Bonchev–Trinajstić information content (AvgIpc) is 3.06. The van der Waals surface area contributed by atoms with E-state index in [-0.39, 0.29) is 11.7 Å². The number of likely N-dealkylation sites (tertiary alicyclic amines) is 1. The number of carbonyl (C=O) groups is 1. The van der Waals surface area contributed by atoms with Crippen LogP contribution in [-0.4, -0.2) is 69.3 Å².